The zero-order chi connectivity index (χ0) is 25.8. The summed E-state index contributed by atoms with van der Waals surface area (Å²) in [6.07, 6.45) is 8.65. The maximum absolute atomic E-state index is 15.1. The highest BCUT2D eigenvalue weighted by molar-refractivity contribution is 5.71. The van der Waals surface area contributed by atoms with Crippen molar-refractivity contribution in [2.75, 3.05) is 7.11 Å². The molecule has 0 radical (unpaired) electrons. The first-order chi connectivity index (χ1) is 17.8. The van der Waals surface area contributed by atoms with Gasteiger partial charge < -0.3 is 9.47 Å². The van der Waals surface area contributed by atoms with Crippen LogP contribution in [-0.4, -0.2) is 7.11 Å². The molecule has 3 aromatic carbocycles. The summed E-state index contributed by atoms with van der Waals surface area (Å²) in [6.45, 7) is 7.62. The van der Waals surface area contributed by atoms with Crippen molar-refractivity contribution in [3.63, 3.8) is 0 Å². The number of benzene rings is 3. The van der Waals surface area contributed by atoms with Gasteiger partial charge in [-0.15, -0.1) is 0 Å². The lowest BCUT2D eigenvalue weighted by atomic mass is 9.58. The predicted molar refractivity (Wildman–Crippen MR) is 148 cm³/mol. The minimum atomic E-state index is -0.209. The summed E-state index contributed by atoms with van der Waals surface area (Å²) in [5.41, 5.74) is 7.55. The average molecular weight is 499 g/mol. The van der Waals surface area contributed by atoms with E-state index in [0.29, 0.717) is 29.3 Å². The summed E-state index contributed by atoms with van der Waals surface area (Å²) >= 11 is 0. The summed E-state index contributed by atoms with van der Waals surface area (Å²) < 4.78 is 26.9. The van der Waals surface area contributed by atoms with Gasteiger partial charge in [0.2, 0.25) is 0 Å². The first-order valence-electron chi connectivity index (χ1n) is 14.0. The molecule has 0 N–H and O–H groups in total. The van der Waals surface area contributed by atoms with Crippen LogP contribution in [0.15, 0.2) is 54.6 Å². The molecular weight excluding hydrogens is 459 g/mol. The first-order valence-corrected chi connectivity index (χ1v) is 14.0. The van der Waals surface area contributed by atoms with Crippen molar-refractivity contribution in [3.8, 4) is 22.6 Å². The van der Waals surface area contributed by atoms with Crippen LogP contribution in [-0.2, 0) is 18.4 Å². The Hall–Kier alpha value is -2.81. The summed E-state index contributed by atoms with van der Waals surface area (Å²) in [6, 6.07) is 18.2. The lowest BCUT2D eigenvalue weighted by Gasteiger charge is -2.46. The molecule has 2 nitrogen and oxygen atoms in total. The van der Waals surface area contributed by atoms with Crippen LogP contribution in [0.5, 0.6) is 11.5 Å². The van der Waals surface area contributed by atoms with Gasteiger partial charge in [0.25, 0.3) is 0 Å². The number of hydrogen-bond donors (Lipinski definition) is 0. The molecule has 0 aliphatic heterocycles. The second-order valence-corrected chi connectivity index (χ2v) is 12.4. The normalized spacial score (nSPS) is 25.6. The third-order valence-corrected chi connectivity index (χ3v) is 10.0. The lowest BCUT2D eigenvalue weighted by Crippen LogP contribution is -2.40. The number of methoxy groups -OCH3 is 1. The fourth-order valence-electron chi connectivity index (χ4n) is 7.52. The smallest absolute Gasteiger partial charge is 0.131 e. The van der Waals surface area contributed by atoms with Crippen LogP contribution in [0.25, 0.3) is 11.1 Å². The van der Waals surface area contributed by atoms with Crippen LogP contribution in [0.2, 0.25) is 0 Å². The largest absolute Gasteiger partial charge is 0.497 e. The molecule has 2 fully saturated rings. The average Bonchev–Trinajstić information content (AvgIpc) is 3.47. The molecule has 3 aliphatic carbocycles. The van der Waals surface area contributed by atoms with Crippen molar-refractivity contribution in [1.82, 2.24) is 0 Å². The van der Waals surface area contributed by atoms with Crippen molar-refractivity contribution in [2.24, 2.45) is 11.3 Å². The SMILES string of the molecule is COc1ccc(F)c(-c2ccc(COc3ccc4c(c3)[C@@]3(CC4)CC[C@@H]3C)cc2[C@@H]2CCCC2(C)C)c1. The Morgan fingerprint density at radius 3 is 2.43 bits per heavy atom. The molecular formula is C34H39FO2. The second kappa shape index (κ2) is 9.19. The van der Waals surface area contributed by atoms with Gasteiger partial charge in [0.1, 0.15) is 23.9 Å². The summed E-state index contributed by atoms with van der Waals surface area (Å²) in [7, 11) is 1.63. The van der Waals surface area contributed by atoms with Gasteiger partial charge in [-0.05, 0) is 119 Å². The molecule has 3 aliphatic rings. The van der Waals surface area contributed by atoms with Crippen molar-refractivity contribution >= 4 is 0 Å². The fourth-order valence-corrected chi connectivity index (χ4v) is 7.52. The molecule has 0 heterocycles. The molecule has 1 spiro atoms. The van der Waals surface area contributed by atoms with Crippen LogP contribution in [0, 0.1) is 17.2 Å². The minimum Gasteiger partial charge on any atom is -0.497 e. The van der Waals surface area contributed by atoms with Crippen molar-refractivity contribution in [2.45, 2.75) is 83.7 Å². The Kier molecular flexibility index (Phi) is 6.09. The highest BCUT2D eigenvalue weighted by Crippen LogP contribution is 2.57. The number of halogens is 1. The molecule has 0 bridgehead atoms. The minimum absolute atomic E-state index is 0.178. The quantitative estimate of drug-likeness (QED) is 0.338. The van der Waals surface area contributed by atoms with Crippen LogP contribution in [0.1, 0.15) is 87.5 Å². The standard InChI is InChI=1S/C34H39FO2/c1-22-13-16-34(22)17-14-24-8-9-26(20-31(24)34)37-21-23-7-11-27(29-19-25(36-4)10-12-32(29)35)28(18-23)30-6-5-15-33(30,2)3/h7-12,18-20,22,30H,5-6,13-17,21H2,1-4H3/t22-,30-,34+/m0/s1. The van der Waals surface area contributed by atoms with E-state index in [4.69, 9.17) is 9.47 Å². The van der Waals surface area contributed by atoms with Crippen LogP contribution >= 0.6 is 0 Å². The third kappa shape index (κ3) is 4.15. The maximum Gasteiger partial charge on any atom is 0.131 e. The van der Waals surface area contributed by atoms with E-state index < -0.39 is 0 Å². The molecule has 0 saturated heterocycles. The van der Waals surface area contributed by atoms with Gasteiger partial charge in [-0.3, -0.25) is 0 Å². The molecule has 3 heteroatoms. The summed E-state index contributed by atoms with van der Waals surface area (Å²) in [5, 5.41) is 0. The monoisotopic (exact) mass is 498 g/mol. The molecule has 0 unspecified atom stereocenters. The van der Waals surface area contributed by atoms with Gasteiger partial charge in [-0.1, -0.05) is 51.5 Å². The Morgan fingerprint density at radius 2 is 1.73 bits per heavy atom. The summed E-state index contributed by atoms with van der Waals surface area (Å²) in [4.78, 5) is 0. The molecule has 37 heavy (non-hydrogen) atoms. The maximum atomic E-state index is 15.1. The molecule has 194 valence electrons. The molecule has 6 rings (SSSR count). The number of fused-ring (bicyclic) bond motifs is 2. The molecule has 3 atom stereocenters. The van der Waals surface area contributed by atoms with Crippen molar-refractivity contribution < 1.29 is 13.9 Å². The van der Waals surface area contributed by atoms with E-state index in [1.54, 1.807) is 13.2 Å². The highest BCUT2D eigenvalue weighted by Gasteiger charge is 2.49. The van der Waals surface area contributed by atoms with Gasteiger partial charge in [0.15, 0.2) is 0 Å². The van der Waals surface area contributed by atoms with Gasteiger partial charge in [-0.2, -0.15) is 0 Å². The topological polar surface area (TPSA) is 18.5 Å². The summed E-state index contributed by atoms with van der Waals surface area (Å²) in [5.74, 6) is 2.58. The lowest BCUT2D eigenvalue weighted by molar-refractivity contribution is 0.138. The molecule has 0 aromatic heterocycles. The van der Waals surface area contributed by atoms with E-state index in [-0.39, 0.29) is 11.2 Å². The van der Waals surface area contributed by atoms with E-state index >= 15 is 4.39 Å². The number of rotatable bonds is 6. The Labute approximate surface area is 221 Å². The zero-order valence-corrected chi connectivity index (χ0v) is 22.7. The molecule has 3 aromatic rings. The zero-order valence-electron chi connectivity index (χ0n) is 22.7. The number of aryl methyl sites for hydroxylation is 1. The van der Waals surface area contributed by atoms with E-state index in [1.165, 1.54) is 61.3 Å². The van der Waals surface area contributed by atoms with Crippen LogP contribution in [0.4, 0.5) is 4.39 Å². The number of hydrogen-bond acceptors (Lipinski definition) is 2. The highest BCUT2D eigenvalue weighted by atomic mass is 19.1. The van der Waals surface area contributed by atoms with Crippen LogP contribution < -0.4 is 9.47 Å². The van der Waals surface area contributed by atoms with E-state index in [0.717, 1.165) is 29.2 Å². The molecule has 0 amide bonds. The fraction of sp³-hybridized carbons (Fsp3) is 0.471. The Bertz CT molecular complexity index is 1330. The van der Waals surface area contributed by atoms with Crippen molar-refractivity contribution in [1.29, 1.82) is 0 Å². The van der Waals surface area contributed by atoms with Gasteiger partial charge in [0, 0.05) is 5.56 Å². The van der Waals surface area contributed by atoms with Crippen LogP contribution in [0.3, 0.4) is 0 Å². The first kappa shape index (κ1) is 24.5. The van der Waals surface area contributed by atoms with Gasteiger partial charge >= 0.3 is 0 Å². The van der Waals surface area contributed by atoms with E-state index in [2.05, 4.69) is 57.2 Å². The van der Waals surface area contributed by atoms with E-state index in [9.17, 15) is 0 Å². The van der Waals surface area contributed by atoms with Gasteiger partial charge in [0.05, 0.1) is 7.11 Å². The Morgan fingerprint density at radius 1 is 0.892 bits per heavy atom. The van der Waals surface area contributed by atoms with Crippen molar-refractivity contribution in [3.05, 3.63) is 82.7 Å². The second-order valence-electron chi connectivity index (χ2n) is 12.4. The number of ether oxygens (including phenoxy) is 2. The van der Waals surface area contributed by atoms with E-state index in [1.807, 2.05) is 6.07 Å². The predicted octanol–water partition coefficient (Wildman–Crippen LogP) is 8.99. The Balaban J connectivity index is 1.31. The molecule has 2 saturated carbocycles. The van der Waals surface area contributed by atoms with Gasteiger partial charge in [-0.25, -0.2) is 4.39 Å². The third-order valence-electron chi connectivity index (χ3n) is 10.0.